The molecule has 1 heterocycles. The lowest BCUT2D eigenvalue weighted by Crippen LogP contribution is -2.43. The summed E-state index contributed by atoms with van der Waals surface area (Å²) in [5.74, 6) is 0.147. The van der Waals surface area contributed by atoms with Gasteiger partial charge in [-0.1, -0.05) is 0 Å². The summed E-state index contributed by atoms with van der Waals surface area (Å²) >= 11 is 1.89. The van der Waals surface area contributed by atoms with Crippen molar-refractivity contribution >= 4 is 23.8 Å². The van der Waals surface area contributed by atoms with Gasteiger partial charge in [0.25, 0.3) is 0 Å². The zero-order valence-corrected chi connectivity index (χ0v) is 11.3. The quantitative estimate of drug-likeness (QED) is 0.595. The monoisotopic (exact) mass is 276 g/mol. The van der Waals surface area contributed by atoms with Crippen molar-refractivity contribution in [2.75, 3.05) is 32.1 Å². The topological polar surface area (TPSA) is 87.7 Å². The van der Waals surface area contributed by atoms with Gasteiger partial charge in [0.2, 0.25) is 0 Å². The minimum absolute atomic E-state index is 0.150. The van der Waals surface area contributed by atoms with Gasteiger partial charge in [-0.25, -0.2) is 9.59 Å². The smallest absolute Gasteiger partial charge is 0.329 e. The van der Waals surface area contributed by atoms with Crippen molar-refractivity contribution in [1.29, 1.82) is 0 Å². The number of thioether (sulfide) groups is 1. The van der Waals surface area contributed by atoms with Crippen LogP contribution in [0.3, 0.4) is 0 Å². The standard InChI is InChI=1S/C11H20N2O4S/c1-11(3-2-6-18-11)8-13-10(16)12-4-5-17-7-9(14)15/h2-8H2,1H3,(H,14,15)(H2,12,13,16). The van der Waals surface area contributed by atoms with Crippen LogP contribution >= 0.6 is 11.8 Å². The molecule has 1 rings (SSSR count). The fourth-order valence-corrected chi connectivity index (χ4v) is 2.95. The first-order valence-corrected chi connectivity index (χ1v) is 6.96. The molecular weight excluding hydrogens is 256 g/mol. The van der Waals surface area contributed by atoms with Gasteiger partial charge in [0, 0.05) is 17.8 Å². The lowest BCUT2D eigenvalue weighted by Gasteiger charge is -2.22. The molecule has 7 heteroatoms. The third kappa shape index (κ3) is 6.11. The maximum atomic E-state index is 11.4. The predicted molar refractivity (Wildman–Crippen MR) is 70.0 cm³/mol. The number of urea groups is 1. The summed E-state index contributed by atoms with van der Waals surface area (Å²) in [5.41, 5.74) is 0. The molecule has 1 aliphatic heterocycles. The highest BCUT2D eigenvalue weighted by Crippen LogP contribution is 2.36. The van der Waals surface area contributed by atoms with Crippen molar-refractivity contribution in [1.82, 2.24) is 10.6 Å². The number of hydrogen-bond acceptors (Lipinski definition) is 4. The van der Waals surface area contributed by atoms with Crippen molar-refractivity contribution in [3.05, 3.63) is 0 Å². The second kappa shape index (κ2) is 7.48. The summed E-state index contributed by atoms with van der Waals surface area (Å²) in [7, 11) is 0. The number of ether oxygens (including phenoxy) is 1. The van der Waals surface area contributed by atoms with E-state index in [-0.39, 0.29) is 24.0 Å². The third-order valence-corrected chi connectivity index (χ3v) is 4.22. The van der Waals surface area contributed by atoms with E-state index in [4.69, 9.17) is 9.84 Å². The summed E-state index contributed by atoms with van der Waals surface area (Å²) in [6.07, 6.45) is 2.33. The largest absolute Gasteiger partial charge is 0.480 e. The van der Waals surface area contributed by atoms with Crippen molar-refractivity contribution < 1.29 is 19.4 Å². The molecule has 0 spiro atoms. The summed E-state index contributed by atoms with van der Waals surface area (Å²) in [5, 5.41) is 13.8. The van der Waals surface area contributed by atoms with Crippen LogP contribution in [0, 0.1) is 0 Å². The fraction of sp³-hybridized carbons (Fsp3) is 0.818. The molecule has 6 nitrogen and oxygen atoms in total. The van der Waals surface area contributed by atoms with E-state index in [9.17, 15) is 9.59 Å². The van der Waals surface area contributed by atoms with E-state index in [2.05, 4.69) is 17.6 Å². The van der Waals surface area contributed by atoms with Crippen LogP contribution in [0.2, 0.25) is 0 Å². The van der Waals surface area contributed by atoms with Crippen LogP contribution in [0.1, 0.15) is 19.8 Å². The van der Waals surface area contributed by atoms with Gasteiger partial charge in [0.05, 0.1) is 6.61 Å². The molecule has 0 radical (unpaired) electrons. The van der Waals surface area contributed by atoms with Gasteiger partial charge in [-0.05, 0) is 25.5 Å². The maximum absolute atomic E-state index is 11.4. The molecule has 104 valence electrons. The summed E-state index contributed by atoms with van der Waals surface area (Å²) in [4.78, 5) is 21.6. The van der Waals surface area contributed by atoms with Gasteiger partial charge in [-0.3, -0.25) is 0 Å². The Bertz CT molecular complexity index is 293. The van der Waals surface area contributed by atoms with Gasteiger partial charge in [0.15, 0.2) is 0 Å². The van der Waals surface area contributed by atoms with Gasteiger partial charge >= 0.3 is 12.0 Å². The number of carbonyl (C=O) groups excluding carboxylic acids is 1. The number of amides is 2. The summed E-state index contributed by atoms with van der Waals surface area (Å²) in [6.45, 7) is 2.98. The Morgan fingerprint density at radius 3 is 2.83 bits per heavy atom. The van der Waals surface area contributed by atoms with Crippen LogP contribution in [0.15, 0.2) is 0 Å². The van der Waals surface area contributed by atoms with Gasteiger partial charge < -0.3 is 20.5 Å². The van der Waals surface area contributed by atoms with Crippen LogP contribution in [-0.2, 0) is 9.53 Å². The minimum Gasteiger partial charge on any atom is -0.480 e. The average Bonchev–Trinajstić information content (AvgIpc) is 2.73. The molecule has 0 aromatic carbocycles. The first-order chi connectivity index (χ1) is 8.52. The molecule has 0 aromatic heterocycles. The first-order valence-electron chi connectivity index (χ1n) is 5.97. The van der Waals surface area contributed by atoms with Crippen LogP contribution in [0.25, 0.3) is 0 Å². The number of nitrogens with one attached hydrogen (secondary N) is 2. The number of hydrogen-bond donors (Lipinski definition) is 3. The zero-order valence-electron chi connectivity index (χ0n) is 10.5. The molecule has 0 aliphatic carbocycles. The Morgan fingerprint density at radius 1 is 1.44 bits per heavy atom. The van der Waals surface area contributed by atoms with Gasteiger partial charge in [0.1, 0.15) is 6.61 Å². The second-order valence-corrected chi connectivity index (χ2v) is 6.14. The van der Waals surface area contributed by atoms with E-state index in [1.165, 1.54) is 6.42 Å². The van der Waals surface area contributed by atoms with E-state index in [1.807, 2.05) is 11.8 Å². The molecule has 0 bridgehead atoms. The highest BCUT2D eigenvalue weighted by atomic mass is 32.2. The van der Waals surface area contributed by atoms with E-state index in [1.54, 1.807) is 0 Å². The van der Waals surface area contributed by atoms with Crippen molar-refractivity contribution in [2.45, 2.75) is 24.5 Å². The van der Waals surface area contributed by atoms with Crippen molar-refractivity contribution in [3.8, 4) is 0 Å². The lowest BCUT2D eigenvalue weighted by atomic mass is 10.1. The van der Waals surface area contributed by atoms with E-state index in [0.717, 1.165) is 12.2 Å². The Hall–Kier alpha value is -0.950. The molecule has 1 aliphatic rings. The minimum atomic E-state index is -1.01. The van der Waals surface area contributed by atoms with Crippen LogP contribution < -0.4 is 10.6 Å². The molecule has 1 fully saturated rings. The average molecular weight is 276 g/mol. The SMILES string of the molecule is CC1(CNC(=O)NCCOCC(=O)O)CCCS1. The van der Waals surface area contributed by atoms with E-state index in [0.29, 0.717) is 13.1 Å². The third-order valence-electron chi connectivity index (χ3n) is 2.68. The summed E-state index contributed by atoms with van der Waals surface area (Å²) < 4.78 is 4.95. The normalized spacial score (nSPS) is 22.7. The molecule has 0 saturated carbocycles. The Morgan fingerprint density at radius 2 is 2.22 bits per heavy atom. The van der Waals surface area contributed by atoms with Crippen molar-refractivity contribution in [2.24, 2.45) is 0 Å². The van der Waals surface area contributed by atoms with E-state index < -0.39 is 5.97 Å². The molecule has 1 saturated heterocycles. The number of rotatable bonds is 7. The zero-order chi connectivity index (χ0) is 13.4. The molecule has 2 amide bonds. The number of aliphatic carboxylic acids is 1. The highest BCUT2D eigenvalue weighted by molar-refractivity contribution is 8.00. The van der Waals surface area contributed by atoms with E-state index >= 15 is 0 Å². The molecule has 0 aromatic rings. The summed E-state index contributed by atoms with van der Waals surface area (Å²) in [6, 6.07) is -0.234. The number of carbonyl (C=O) groups is 2. The predicted octanol–water partition coefficient (Wildman–Crippen LogP) is 0.672. The van der Waals surface area contributed by atoms with Gasteiger partial charge in [-0.2, -0.15) is 11.8 Å². The molecule has 1 atom stereocenters. The van der Waals surface area contributed by atoms with Crippen LogP contribution in [0.4, 0.5) is 4.79 Å². The first kappa shape index (κ1) is 15.1. The van der Waals surface area contributed by atoms with Gasteiger partial charge in [-0.15, -0.1) is 0 Å². The Balaban J connectivity index is 2.02. The number of carboxylic acids is 1. The second-order valence-electron chi connectivity index (χ2n) is 4.46. The molecule has 18 heavy (non-hydrogen) atoms. The molecule has 3 N–H and O–H groups in total. The van der Waals surface area contributed by atoms with Crippen LogP contribution in [-0.4, -0.2) is 53.9 Å². The molecule has 1 unspecified atom stereocenters. The lowest BCUT2D eigenvalue weighted by molar-refractivity contribution is -0.142. The fourth-order valence-electron chi connectivity index (χ4n) is 1.70. The Kier molecular flexibility index (Phi) is 6.28. The maximum Gasteiger partial charge on any atom is 0.329 e. The van der Waals surface area contributed by atoms with Crippen molar-refractivity contribution in [3.63, 3.8) is 0 Å². The van der Waals surface area contributed by atoms with Crippen LogP contribution in [0.5, 0.6) is 0 Å². The number of carboxylic acid groups (broad SMARTS) is 1. The Labute approximate surface area is 111 Å². The molecular formula is C11H20N2O4S. The highest BCUT2D eigenvalue weighted by Gasteiger charge is 2.29.